The van der Waals surface area contributed by atoms with E-state index in [-0.39, 0.29) is 17.2 Å². The quantitative estimate of drug-likeness (QED) is 0.586. The highest BCUT2D eigenvalue weighted by Crippen LogP contribution is 2.16. The topological polar surface area (TPSA) is 49.3 Å². The molecule has 2 N–H and O–H groups in total. The van der Waals surface area contributed by atoms with Crippen molar-refractivity contribution in [3.8, 4) is 17.6 Å². The van der Waals surface area contributed by atoms with Crippen molar-refractivity contribution < 1.29 is 14.3 Å². The average molecular weight is 221 g/mol. The standard InChI is InChI=1S/C12H12FNO2/c1-9(15)14-7-3-2-4-10-8-11(13)5-6-12(10)16/h5-6,8,16H,3,7H2,1H3,(H,14,15). The van der Waals surface area contributed by atoms with Crippen molar-refractivity contribution in [1.29, 1.82) is 0 Å². The predicted molar refractivity (Wildman–Crippen MR) is 58.2 cm³/mol. The van der Waals surface area contributed by atoms with E-state index in [2.05, 4.69) is 17.2 Å². The Morgan fingerprint density at radius 3 is 3.00 bits per heavy atom. The molecule has 0 saturated heterocycles. The summed E-state index contributed by atoms with van der Waals surface area (Å²) in [5.74, 6) is 4.77. The number of phenols is 1. The fourth-order valence-electron chi connectivity index (χ4n) is 1.07. The first kappa shape index (κ1) is 12.1. The monoisotopic (exact) mass is 221 g/mol. The third-order valence-electron chi connectivity index (χ3n) is 1.81. The Morgan fingerprint density at radius 1 is 1.56 bits per heavy atom. The van der Waals surface area contributed by atoms with Crippen LogP contribution in [0.4, 0.5) is 4.39 Å². The molecule has 1 aromatic rings. The Bertz CT molecular complexity index is 446. The smallest absolute Gasteiger partial charge is 0.216 e. The van der Waals surface area contributed by atoms with Crippen LogP contribution < -0.4 is 5.32 Å². The van der Waals surface area contributed by atoms with Gasteiger partial charge < -0.3 is 10.4 Å². The molecular formula is C12H12FNO2. The summed E-state index contributed by atoms with van der Waals surface area (Å²) in [4.78, 5) is 10.5. The molecule has 0 aliphatic rings. The third-order valence-corrected chi connectivity index (χ3v) is 1.81. The maximum absolute atomic E-state index is 12.8. The van der Waals surface area contributed by atoms with E-state index in [4.69, 9.17) is 0 Å². The molecule has 0 aromatic heterocycles. The summed E-state index contributed by atoms with van der Waals surface area (Å²) in [5, 5.41) is 11.9. The molecule has 3 nitrogen and oxygen atoms in total. The zero-order chi connectivity index (χ0) is 12.0. The maximum Gasteiger partial charge on any atom is 0.216 e. The number of benzene rings is 1. The zero-order valence-corrected chi connectivity index (χ0v) is 8.88. The molecule has 4 heteroatoms. The molecule has 0 unspecified atom stereocenters. The van der Waals surface area contributed by atoms with Crippen LogP contribution in [-0.2, 0) is 4.79 Å². The van der Waals surface area contributed by atoms with Gasteiger partial charge in [0, 0.05) is 19.9 Å². The Morgan fingerprint density at radius 2 is 2.31 bits per heavy atom. The van der Waals surface area contributed by atoms with Gasteiger partial charge in [0.1, 0.15) is 11.6 Å². The number of halogens is 1. The summed E-state index contributed by atoms with van der Waals surface area (Å²) >= 11 is 0. The molecule has 0 fully saturated rings. The SMILES string of the molecule is CC(=O)NCCC#Cc1cc(F)ccc1O. The van der Waals surface area contributed by atoms with Crippen LogP contribution in [0, 0.1) is 17.7 Å². The molecule has 84 valence electrons. The zero-order valence-electron chi connectivity index (χ0n) is 8.88. The molecule has 0 aliphatic heterocycles. The molecule has 0 atom stereocenters. The van der Waals surface area contributed by atoms with Gasteiger partial charge in [-0.25, -0.2) is 4.39 Å². The van der Waals surface area contributed by atoms with E-state index in [1.54, 1.807) is 0 Å². The van der Waals surface area contributed by atoms with E-state index >= 15 is 0 Å². The predicted octanol–water partition coefficient (Wildman–Crippen LogP) is 1.41. The molecule has 0 heterocycles. The largest absolute Gasteiger partial charge is 0.507 e. The summed E-state index contributed by atoms with van der Waals surface area (Å²) in [6.45, 7) is 1.87. The second-order valence-corrected chi connectivity index (χ2v) is 3.20. The molecule has 0 bridgehead atoms. The lowest BCUT2D eigenvalue weighted by Gasteiger charge is -1.96. The van der Waals surface area contributed by atoms with Crippen molar-refractivity contribution in [2.24, 2.45) is 0 Å². The molecular weight excluding hydrogens is 209 g/mol. The van der Waals surface area contributed by atoms with Gasteiger partial charge >= 0.3 is 0 Å². The lowest BCUT2D eigenvalue weighted by molar-refractivity contribution is -0.118. The normalized spacial score (nSPS) is 9.12. The molecule has 1 aromatic carbocycles. The number of carbonyl (C=O) groups excluding carboxylic acids is 1. The third kappa shape index (κ3) is 4.01. The number of phenolic OH excluding ortho intramolecular Hbond substituents is 1. The van der Waals surface area contributed by atoms with Gasteiger partial charge in [0.15, 0.2) is 0 Å². The van der Waals surface area contributed by atoms with Gasteiger partial charge in [-0.2, -0.15) is 0 Å². The lowest BCUT2D eigenvalue weighted by atomic mass is 10.2. The number of hydrogen-bond acceptors (Lipinski definition) is 2. The van der Waals surface area contributed by atoms with Crippen molar-refractivity contribution in [2.45, 2.75) is 13.3 Å². The molecule has 0 radical (unpaired) electrons. The van der Waals surface area contributed by atoms with Crippen LogP contribution in [0.2, 0.25) is 0 Å². The molecule has 1 rings (SSSR count). The van der Waals surface area contributed by atoms with Crippen molar-refractivity contribution in [2.75, 3.05) is 6.54 Å². The van der Waals surface area contributed by atoms with Gasteiger partial charge in [-0.1, -0.05) is 11.8 Å². The molecule has 16 heavy (non-hydrogen) atoms. The average Bonchev–Trinajstić information content (AvgIpc) is 2.22. The first-order valence-electron chi connectivity index (χ1n) is 4.81. The second kappa shape index (κ2) is 5.76. The van der Waals surface area contributed by atoms with E-state index in [0.717, 1.165) is 6.07 Å². The Balaban J connectivity index is 2.56. The molecule has 0 aliphatic carbocycles. The summed E-state index contributed by atoms with van der Waals surface area (Å²) < 4.78 is 12.8. The van der Waals surface area contributed by atoms with Crippen LogP contribution in [0.25, 0.3) is 0 Å². The fraction of sp³-hybridized carbons (Fsp3) is 0.250. The number of nitrogens with one attached hydrogen (secondary N) is 1. The highest BCUT2D eigenvalue weighted by atomic mass is 19.1. The molecule has 0 spiro atoms. The number of hydrogen-bond donors (Lipinski definition) is 2. The summed E-state index contributed by atoms with van der Waals surface area (Å²) in [6, 6.07) is 3.59. The van der Waals surface area contributed by atoms with Gasteiger partial charge in [-0.15, -0.1) is 0 Å². The van der Waals surface area contributed by atoms with Crippen molar-refractivity contribution in [3.63, 3.8) is 0 Å². The van der Waals surface area contributed by atoms with Crippen LogP contribution in [0.15, 0.2) is 18.2 Å². The van der Waals surface area contributed by atoms with E-state index in [0.29, 0.717) is 13.0 Å². The number of amides is 1. The van der Waals surface area contributed by atoms with Gasteiger partial charge in [0.25, 0.3) is 0 Å². The first-order chi connectivity index (χ1) is 7.59. The minimum Gasteiger partial charge on any atom is -0.507 e. The minimum atomic E-state index is -0.441. The first-order valence-corrected chi connectivity index (χ1v) is 4.81. The Hall–Kier alpha value is -2.02. The Labute approximate surface area is 93.3 Å². The number of aromatic hydroxyl groups is 1. The van der Waals surface area contributed by atoms with Crippen molar-refractivity contribution in [1.82, 2.24) is 5.32 Å². The van der Waals surface area contributed by atoms with E-state index < -0.39 is 5.82 Å². The summed E-state index contributed by atoms with van der Waals surface area (Å²) in [7, 11) is 0. The Kier molecular flexibility index (Phi) is 4.34. The van der Waals surface area contributed by atoms with E-state index in [9.17, 15) is 14.3 Å². The van der Waals surface area contributed by atoms with E-state index in [1.165, 1.54) is 19.1 Å². The highest BCUT2D eigenvalue weighted by Gasteiger charge is 1.98. The second-order valence-electron chi connectivity index (χ2n) is 3.20. The van der Waals surface area contributed by atoms with Crippen LogP contribution in [-0.4, -0.2) is 17.6 Å². The van der Waals surface area contributed by atoms with Crippen LogP contribution in [0.5, 0.6) is 5.75 Å². The van der Waals surface area contributed by atoms with Gasteiger partial charge in [0.05, 0.1) is 5.56 Å². The number of rotatable bonds is 2. The van der Waals surface area contributed by atoms with Gasteiger partial charge in [-0.3, -0.25) is 4.79 Å². The van der Waals surface area contributed by atoms with Crippen molar-refractivity contribution in [3.05, 3.63) is 29.6 Å². The minimum absolute atomic E-state index is 0.0478. The van der Waals surface area contributed by atoms with Crippen LogP contribution in [0.1, 0.15) is 18.9 Å². The van der Waals surface area contributed by atoms with Gasteiger partial charge in [0.2, 0.25) is 5.91 Å². The number of carbonyl (C=O) groups is 1. The molecule has 0 saturated carbocycles. The summed E-state index contributed by atoms with van der Waals surface area (Å²) in [6.07, 6.45) is 0.454. The van der Waals surface area contributed by atoms with Crippen LogP contribution >= 0.6 is 0 Å². The molecule has 1 amide bonds. The summed E-state index contributed by atoms with van der Waals surface area (Å²) in [5.41, 5.74) is 0.253. The van der Waals surface area contributed by atoms with Crippen LogP contribution in [0.3, 0.4) is 0 Å². The fourth-order valence-corrected chi connectivity index (χ4v) is 1.07. The van der Waals surface area contributed by atoms with E-state index in [1.807, 2.05) is 0 Å². The van der Waals surface area contributed by atoms with Crippen molar-refractivity contribution >= 4 is 5.91 Å². The lowest BCUT2D eigenvalue weighted by Crippen LogP contribution is -2.20. The highest BCUT2D eigenvalue weighted by molar-refractivity contribution is 5.72. The maximum atomic E-state index is 12.8. The van der Waals surface area contributed by atoms with Gasteiger partial charge in [-0.05, 0) is 18.2 Å².